The van der Waals surface area contributed by atoms with Crippen molar-refractivity contribution >= 4 is 11.3 Å². The zero-order chi connectivity index (χ0) is 12.1. The first-order chi connectivity index (χ1) is 7.60. The van der Waals surface area contributed by atoms with Gasteiger partial charge in [-0.2, -0.15) is 5.10 Å². The van der Waals surface area contributed by atoms with Crippen LogP contribution in [0.1, 0.15) is 37.9 Å². The van der Waals surface area contributed by atoms with Gasteiger partial charge in [-0.15, -0.1) is 0 Å². The van der Waals surface area contributed by atoms with Gasteiger partial charge in [-0.3, -0.25) is 0 Å². The lowest BCUT2D eigenvalue weighted by Gasteiger charge is -2.00. The number of hydrogen-bond acceptors (Lipinski definition) is 1. The van der Waals surface area contributed by atoms with E-state index in [1.54, 1.807) is 0 Å². The Morgan fingerprint density at radius 3 is 2.69 bits per heavy atom. The molecule has 16 heavy (non-hydrogen) atoms. The maximum atomic E-state index is 4.51. The maximum absolute atomic E-state index is 4.51. The number of unbranched alkanes of at least 4 members (excludes halogenated alkanes) is 1. The molecule has 0 aromatic carbocycles. The summed E-state index contributed by atoms with van der Waals surface area (Å²) in [6, 6.07) is 0. The van der Waals surface area contributed by atoms with Crippen molar-refractivity contribution in [2.24, 2.45) is 0 Å². The summed E-state index contributed by atoms with van der Waals surface area (Å²) >= 11 is 0. The van der Waals surface area contributed by atoms with Crippen molar-refractivity contribution in [3.8, 4) is 0 Å². The monoisotopic (exact) mass is 216 g/mol. The Kier molecular flexibility index (Phi) is 4.29. The summed E-state index contributed by atoms with van der Waals surface area (Å²) in [7, 11) is 0. The Morgan fingerprint density at radius 1 is 1.56 bits per heavy atom. The normalized spacial score (nSPS) is 11.6. The van der Waals surface area contributed by atoms with Crippen LogP contribution in [0.3, 0.4) is 0 Å². The fraction of sp³-hybridized carbons (Fsp3) is 0.357. The molecule has 0 fully saturated rings. The van der Waals surface area contributed by atoms with Crippen molar-refractivity contribution in [2.75, 3.05) is 0 Å². The minimum absolute atomic E-state index is 0.924. The van der Waals surface area contributed by atoms with Crippen LogP contribution in [0.4, 0.5) is 0 Å². The zero-order valence-electron chi connectivity index (χ0n) is 10.5. The van der Waals surface area contributed by atoms with Crippen molar-refractivity contribution in [2.45, 2.75) is 33.6 Å². The standard InChI is InChI=1S/C14H20N2/c1-6-8-9-13(7-2)14-12(5)10-16(15-14)11(3)4/h7,9-10H,2-3,6,8H2,1,4-5H3/b13-9+. The summed E-state index contributed by atoms with van der Waals surface area (Å²) in [4.78, 5) is 0. The Bertz CT molecular complexity index is 422. The molecule has 1 aromatic heterocycles. The van der Waals surface area contributed by atoms with Gasteiger partial charge in [0.2, 0.25) is 0 Å². The summed E-state index contributed by atoms with van der Waals surface area (Å²) < 4.78 is 1.81. The van der Waals surface area contributed by atoms with E-state index < -0.39 is 0 Å². The van der Waals surface area contributed by atoms with E-state index in [1.165, 1.54) is 0 Å². The lowest BCUT2D eigenvalue weighted by Crippen LogP contribution is -1.93. The predicted molar refractivity (Wildman–Crippen MR) is 71.1 cm³/mol. The molecule has 0 aliphatic rings. The molecule has 0 amide bonds. The van der Waals surface area contributed by atoms with Crippen molar-refractivity contribution < 1.29 is 0 Å². The summed E-state index contributed by atoms with van der Waals surface area (Å²) in [6.07, 6.45) is 8.25. The molecule has 0 radical (unpaired) electrons. The number of nitrogens with zero attached hydrogens (tertiary/aromatic N) is 2. The number of allylic oxidation sites excluding steroid dienone is 4. The molecule has 1 rings (SSSR count). The van der Waals surface area contributed by atoms with Gasteiger partial charge in [-0.1, -0.05) is 38.7 Å². The molecule has 0 aliphatic carbocycles. The number of hydrogen-bond donors (Lipinski definition) is 0. The van der Waals surface area contributed by atoms with E-state index in [1.807, 2.05) is 23.9 Å². The summed E-state index contributed by atoms with van der Waals surface area (Å²) in [6.45, 7) is 13.9. The Balaban J connectivity index is 3.10. The summed E-state index contributed by atoms with van der Waals surface area (Å²) in [5.74, 6) is 0. The zero-order valence-corrected chi connectivity index (χ0v) is 10.5. The molecule has 0 saturated heterocycles. The second-order valence-corrected chi connectivity index (χ2v) is 3.99. The van der Waals surface area contributed by atoms with E-state index in [9.17, 15) is 0 Å². The second kappa shape index (κ2) is 5.50. The van der Waals surface area contributed by atoms with Gasteiger partial charge in [-0.25, -0.2) is 4.68 Å². The van der Waals surface area contributed by atoms with Gasteiger partial charge in [0.15, 0.2) is 0 Å². The molecule has 0 atom stereocenters. The molecule has 86 valence electrons. The second-order valence-electron chi connectivity index (χ2n) is 3.99. The number of aromatic nitrogens is 2. The quantitative estimate of drug-likeness (QED) is 0.679. The summed E-state index contributed by atoms with van der Waals surface area (Å²) in [5.41, 5.74) is 4.20. The largest absolute Gasteiger partial charge is 0.245 e. The molecule has 0 N–H and O–H groups in total. The van der Waals surface area contributed by atoms with E-state index >= 15 is 0 Å². The first-order valence-corrected chi connectivity index (χ1v) is 5.65. The molecule has 0 aliphatic heterocycles. The molecular weight excluding hydrogens is 196 g/mol. The Hall–Kier alpha value is -1.57. The smallest absolute Gasteiger partial charge is 0.0953 e. The number of rotatable bonds is 5. The van der Waals surface area contributed by atoms with E-state index in [-0.39, 0.29) is 0 Å². The SMILES string of the molecule is C=C/C(=C\CCC)c1nn(C(=C)C)cc1C. The van der Waals surface area contributed by atoms with Crippen molar-refractivity contribution in [1.29, 1.82) is 0 Å². The third-order valence-electron chi connectivity index (χ3n) is 2.43. The predicted octanol–water partition coefficient (Wildman–Crippen LogP) is 4.05. The van der Waals surface area contributed by atoms with Crippen LogP contribution in [-0.4, -0.2) is 9.78 Å². The minimum Gasteiger partial charge on any atom is -0.245 e. The lowest BCUT2D eigenvalue weighted by molar-refractivity contribution is 0.890. The van der Waals surface area contributed by atoms with Gasteiger partial charge >= 0.3 is 0 Å². The molecule has 0 bridgehead atoms. The van der Waals surface area contributed by atoms with Crippen LogP contribution in [0.2, 0.25) is 0 Å². The van der Waals surface area contributed by atoms with Crippen molar-refractivity contribution in [3.05, 3.63) is 42.8 Å². The lowest BCUT2D eigenvalue weighted by atomic mass is 10.1. The highest BCUT2D eigenvalue weighted by molar-refractivity contribution is 5.73. The number of aryl methyl sites for hydroxylation is 1. The molecule has 0 saturated carbocycles. The highest BCUT2D eigenvalue weighted by Crippen LogP contribution is 2.20. The van der Waals surface area contributed by atoms with E-state index in [0.717, 1.165) is 35.4 Å². The van der Waals surface area contributed by atoms with Gasteiger partial charge < -0.3 is 0 Å². The maximum Gasteiger partial charge on any atom is 0.0953 e. The molecule has 2 heteroatoms. The fourth-order valence-corrected chi connectivity index (χ4v) is 1.52. The third-order valence-corrected chi connectivity index (χ3v) is 2.43. The van der Waals surface area contributed by atoms with Crippen molar-refractivity contribution in [1.82, 2.24) is 9.78 Å². The highest BCUT2D eigenvalue weighted by Gasteiger charge is 2.07. The van der Waals surface area contributed by atoms with Gasteiger partial charge in [0.25, 0.3) is 0 Å². The van der Waals surface area contributed by atoms with Crippen LogP contribution in [0.25, 0.3) is 11.3 Å². The third kappa shape index (κ3) is 2.72. The van der Waals surface area contributed by atoms with Crippen molar-refractivity contribution in [3.63, 3.8) is 0 Å². The Labute approximate surface area is 98.0 Å². The van der Waals surface area contributed by atoms with E-state index in [4.69, 9.17) is 0 Å². The van der Waals surface area contributed by atoms with Crippen LogP contribution in [0.15, 0.2) is 31.5 Å². The first kappa shape index (κ1) is 12.5. The van der Waals surface area contributed by atoms with Crippen LogP contribution in [0.5, 0.6) is 0 Å². The molecule has 0 unspecified atom stereocenters. The summed E-state index contributed by atoms with van der Waals surface area (Å²) in [5, 5.41) is 4.51. The average molecular weight is 216 g/mol. The molecule has 2 nitrogen and oxygen atoms in total. The Morgan fingerprint density at radius 2 is 2.25 bits per heavy atom. The van der Waals surface area contributed by atoms with E-state index in [0.29, 0.717) is 0 Å². The minimum atomic E-state index is 0.924. The molecule has 1 aromatic rings. The van der Waals surface area contributed by atoms with Crippen LogP contribution >= 0.6 is 0 Å². The molecule has 1 heterocycles. The molecular formula is C14H20N2. The first-order valence-electron chi connectivity index (χ1n) is 5.65. The van der Waals surface area contributed by atoms with Crippen LogP contribution < -0.4 is 0 Å². The van der Waals surface area contributed by atoms with Crippen LogP contribution in [0, 0.1) is 6.92 Å². The van der Waals surface area contributed by atoms with Crippen LogP contribution in [-0.2, 0) is 0 Å². The van der Waals surface area contributed by atoms with E-state index in [2.05, 4.69) is 38.2 Å². The molecule has 0 spiro atoms. The van der Waals surface area contributed by atoms with Gasteiger partial charge in [0.1, 0.15) is 0 Å². The van der Waals surface area contributed by atoms with Gasteiger partial charge in [0, 0.05) is 11.9 Å². The van der Waals surface area contributed by atoms with Gasteiger partial charge in [0.05, 0.1) is 5.69 Å². The van der Waals surface area contributed by atoms with Gasteiger partial charge in [-0.05, 0) is 31.4 Å². The topological polar surface area (TPSA) is 17.8 Å². The highest BCUT2D eigenvalue weighted by atomic mass is 15.3. The average Bonchev–Trinajstić information content (AvgIpc) is 2.62. The fourth-order valence-electron chi connectivity index (χ4n) is 1.52.